The molecule has 0 spiro atoms. The highest BCUT2D eigenvalue weighted by Gasteiger charge is 2.21. The van der Waals surface area contributed by atoms with E-state index in [4.69, 9.17) is 16.6 Å². The van der Waals surface area contributed by atoms with Gasteiger partial charge in [0.2, 0.25) is 5.95 Å². The Balaban J connectivity index is 1.39. The predicted molar refractivity (Wildman–Crippen MR) is 147 cm³/mol. The van der Waals surface area contributed by atoms with E-state index in [1.54, 1.807) is 36.5 Å². The van der Waals surface area contributed by atoms with Gasteiger partial charge in [-0.2, -0.15) is 4.98 Å². The number of pyridine rings is 1. The van der Waals surface area contributed by atoms with Gasteiger partial charge in [-0.15, -0.1) is 0 Å². The van der Waals surface area contributed by atoms with E-state index < -0.39 is 11.7 Å². The fourth-order valence-electron chi connectivity index (χ4n) is 4.82. The van der Waals surface area contributed by atoms with Crippen LogP contribution in [0.25, 0.3) is 27.8 Å². The van der Waals surface area contributed by atoms with Gasteiger partial charge in [0.15, 0.2) is 5.65 Å². The van der Waals surface area contributed by atoms with Gasteiger partial charge in [-0.3, -0.25) is 9.20 Å². The lowest BCUT2D eigenvalue weighted by Gasteiger charge is -2.23. The molecule has 1 saturated heterocycles. The summed E-state index contributed by atoms with van der Waals surface area (Å²) in [5.41, 5.74) is 3.55. The van der Waals surface area contributed by atoms with E-state index in [0.717, 1.165) is 31.6 Å². The Morgan fingerprint density at radius 2 is 2.00 bits per heavy atom. The molecule has 0 saturated carbocycles. The second-order valence-electron chi connectivity index (χ2n) is 9.40. The van der Waals surface area contributed by atoms with Crippen molar-refractivity contribution in [2.24, 2.45) is 0 Å². The molecular formula is C28H25ClFN7O. The van der Waals surface area contributed by atoms with Crippen molar-refractivity contribution in [3.05, 3.63) is 83.0 Å². The van der Waals surface area contributed by atoms with Crippen molar-refractivity contribution in [2.45, 2.75) is 25.8 Å². The third-order valence-corrected chi connectivity index (χ3v) is 7.07. The first-order valence-electron chi connectivity index (χ1n) is 12.5. The third-order valence-electron chi connectivity index (χ3n) is 6.67. The van der Waals surface area contributed by atoms with E-state index in [0.29, 0.717) is 44.3 Å². The van der Waals surface area contributed by atoms with E-state index in [1.165, 1.54) is 12.1 Å². The van der Waals surface area contributed by atoms with Crippen LogP contribution in [-0.4, -0.2) is 44.4 Å². The minimum absolute atomic E-state index is 0.0753. The maximum Gasteiger partial charge on any atom is 0.255 e. The zero-order valence-electron chi connectivity index (χ0n) is 20.6. The number of nitrogens with zero attached hydrogens (tertiary/aromatic N) is 4. The molecule has 0 radical (unpaired) electrons. The van der Waals surface area contributed by atoms with Gasteiger partial charge in [0, 0.05) is 36.1 Å². The van der Waals surface area contributed by atoms with E-state index in [-0.39, 0.29) is 11.7 Å². The fraction of sp³-hybridized carbons (Fsp3) is 0.214. The summed E-state index contributed by atoms with van der Waals surface area (Å²) < 4.78 is 17.1. The molecule has 2 aromatic carbocycles. The largest absolute Gasteiger partial charge is 0.350 e. The van der Waals surface area contributed by atoms with Gasteiger partial charge in [-0.1, -0.05) is 35.9 Å². The van der Waals surface area contributed by atoms with Gasteiger partial charge in [-0.25, -0.2) is 14.4 Å². The summed E-state index contributed by atoms with van der Waals surface area (Å²) >= 11 is 6.91. The topological polar surface area (TPSA) is 96.2 Å². The summed E-state index contributed by atoms with van der Waals surface area (Å²) in [6, 6.07) is 13.5. The summed E-state index contributed by atoms with van der Waals surface area (Å²) in [5, 5.41) is 10.4. The summed E-state index contributed by atoms with van der Waals surface area (Å²) in [7, 11) is 0. The van der Waals surface area contributed by atoms with Gasteiger partial charge in [-0.05, 0) is 56.1 Å². The average Bonchev–Trinajstić information content (AvgIpc) is 3.32. The lowest BCUT2D eigenvalue weighted by atomic mass is 10.0. The monoisotopic (exact) mass is 529 g/mol. The smallest absolute Gasteiger partial charge is 0.255 e. The van der Waals surface area contributed by atoms with Crippen LogP contribution in [0.4, 0.5) is 16.0 Å². The molecule has 4 heterocycles. The second-order valence-corrected chi connectivity index (χ2v) is 9.78. The maximum atomic E-state index is 15.2. The number of carbonyl (C=O) groups is 1. The second kappa shape index (κ2) is 10.00. The number of hydrogen-bond acceptors (Lipinski definition) is 6. The maximum absolute atomic E-state index is 15.2. The Morgan fingerprint density at radius 3 is 2.76 bits per heavy atom. The standard InChI is InChI=1S/C28H25ClFN7O/c1-16-15-37-25-20(14-32-28(36-25)34-19-8-5-11-31-13-19)24(29)23(26(37)33-16)18-9-10-22(21(30)12-18)35-27(38)17-6-3-2-4-7-17/h2-4,6-7,9-10,12,14-15,19,31H,5,8,11,13H2,1H3,(H,35,38)(H,32,34,36). The molecular weight excluding hydrogens is 505 g/mol. The first-order chi connectivity index (χ1) is 18.5. The van der Waals surface area contributed by atoms with E-state index in [1.807, 2.05) is 23.6 Å². The number of hydrogen-bond donors (Lipinski definition) is 3. The lowest BCUT2D eigenvalue weighted by Crippen LogP contribution is -2.38. The van der Waals surface area contributed by atoms with Crippen LogP contribution in [0.3, 0.4) is 0 Å². The molecule has 1 aliphatic heterocycles. The van der Waals surface area contributed by atoms with Gasteiger partial charge in [0.05, 0.1) is 21.8 Å². The zero-order chi connectivity index (χ0) is 26.2. The summed E-state index contributed by atoms with van der Waals surface area (Å²) in [4.78, 5) is 26.5. The number of piperidine rings is 1. The number of imidazole rings is 1. The highest BCUT2D eigenvalue weighted by Crippen LogP contribution is 2.38. The number of rotatable bonds is 5. The van der Waals surface area contributed by atoms with Crippen LogP contribution in [0, 0.1) is 12.7 Å². The molecule has 1 amide bonds. The first-order valence-corrected chi connectivity index (χ1v) is 12.8. The summed E-state index contributed by atoms with van der Waals surface area (Å²) in [6.45, 7) is 3.76. The molecule has 1 aliphatic rings. The highest BCUT2D eigenvalue weighted by molar-refractivity contribution is 6.39. The predicted octanol–water partition coefficient (Wildman–Crippen LogP) is 5.46. The zero-order valence-corrected chi connectivity index (χ0v) is 21.4. The quantitative estimate of drug-likeness (QED) is 0.280. The summed E-state index contributed by atoms with van der Waals surface area (Å²) in [5.74, 6) is -0.452. The Labute approximate surface area is 223 Å². The summed E-state index contributed by atoms with van der Waals surface area (Å²) in [6.07, 6.45) is 5.70. The molecule has 192 valence electrons. The minimum atomic E-state index is -0.582. The molecule has 10 heteroatoms. The van der Waals surface area contributed by atoms with Gasteiger partial charge in [0.1, 0.15) is 11.5 Å². The van der Waals surface area contributed by atoms with Crippen LogP contribution in [0.2, 0.25) is 5.02 Å². The van der Waals surface area contributed by atoms with Crippen molar-refractivity contribution >= 4 is 45.8 Å². The molecule has 1 unspecified atom stereocenters. The number of carbonyl (C=O) groups excluding carboxylic acids is 1. The molecule has 1 fully saturated rings. The molecule has 1 atom stereocenters. The van der Waals surface area contributed by atoms with Crippen molar-refractivity contribution in [3.63, 3.8) is 0 Å². The van der Waals surface area contributed by atoms with Crippen molar-refractivity contribution in [1.29, 1.82) is 0 Å². The fourth-order valence-corrected chi connectivity index (χ4v) is 5.15. The third kappa shape index (κ3) is 4.55. The van der Waals surface area contributed by atoms with Crippen molar-refractivity contribution < 1.29 is 9.18 Å². The van der Waals surface area contributed by atoms with Crippen LogP contribution in [-0.2, 0) is 0 Å². The van der Waals surface area contributed by atoms with Crippen molar-refractivity contribution in [1.82, 2.24) is 24.7 Å². The number of benzene rings is 2. The first kappa shape index (κ1) is 24.3. The van der Waals surface area contributed by atoms with Crippen LogP contribution in [0.1, 0.15) is 28.9 Å². The molecule has 6 rings (SSSR count). The average molecular weight is 530 g/mol. The van der Waals surface area contributed by atoms with Crippen LogP contribution in [0.15, 0.2) is 60.9 Å². The molecule has 5 aromatic rings. The van der Waals surface area contributed by atoms with E-state index in [2.05, 4.69) is 25.9 Å². The van der Waals surface area contributed by atoms with Crippen LogP contribution in [0.5, 0.6) is 0 Å². The number of amides is 1. The minimum Gasteiger partial charge on any atom is -0.350 e. The molecule has 3 N–H and O–H groups in total. The normalized spacial score (nSPS) is 15.6. The molecule has 3 aromatic heterocycles. The van der Waals surface area contributed by atoms with Crippen LogP contribution < -0.4 is 16.0 Å². The van der Waals surface area contributed by atoms with E-state index in [9.17, 15) is 4.79 Å². The number of aromatic nitrogens is 4. The van der Waals surface area contributed by atoms with Crippen LogP contribution >= 0.6 is 11.6 Å². The lowest BCUT2D eigenvalue weighted by molar-refractivity contribution is 0.102. The number of anilines is 2. The van der Waals surface area contributed by atoms with E-state index >= 15 is 4.39 Å². The Kier molecular flexibility index (Phi) is 6.39. The molecule has 0 aliphatic carbocycles. The molecule has 38 heavy (non-hydrogen) atoms. The molecule has 8 nitrogen and oxygen atoms in total. The van der Waals surface area contributed by atoms with Gasteiger partial charge >= 0.3 is 0 Å². The number of aryl methyl sites for hydroxylation is 1. The highest BCUT2D eigenvalue weighted by atomic mass is 35.5. The Hall–Kier alpha value is -4.08. The van der Waals surface area contributed by atoms with Gasteiger partial charge in [0.25, 0.3) is 5.91 Å². The SMILES string of the molecule is Cc1cn2c(n1)c(-c1ccc(NC(=O)c3ccccc3)c(F)c1)c(Cl)c1cnc(NC3CCCNC3)nc12. The van der Waals surface area contributed by atoms with Crippen molar-refractivity contribution in [3.8, 4) is 11.1 Å². The van der Waals surface area contributed by atoms with Gasteiger partial charge < -0.3 is 16.0 Å². The van der Waals surface area contributed by atoms with Crippen molar-refractivity contribution in [2.75, 3.05) is 23.7 Å². The molecule has 0 bridgehead atoms. The Morgan fingerprint density at radius 1 is 1.16 bits per heavy atom. The number of halogens is 2. The Bertz CT molecular complexity index is 1670. The number of nitrogens with one attached hydrogen (secondary N) is 3. The number of fused-ring (bicyclic) bond motifs is 3.